The predicted octanol–water partition coefficient (Wildman–Crippen LogP) is 3.10. The van der Waals surface area contributed by atoms with Crippen LogP contribution < -0.4 is 0 Å². The van der Waals surface area contributed by atoms with Crippen LogP contribution in [0.15, 0.2) is 23.8 Å². The Balaban J connectivity index is 2.73. The van der Waals surface area contributed by atoms with Crippen LogP contribution in [0.4, 0.5) is 0 Å². The molecule has 1 rings (SSSR count). The summed E-state index contributed by atoms with van der Waals surface area (Å²) in [7, 11) is 1.42. The van der Waals surface area contributed by atoms with E-state index >= 15 is 0 Å². The van der Waals surface area contributed by atoms with Crippen LogP contribution in [0.2, 0.25) is 0 Å². The highest BCUT2D eigenvalue weighted by molar-refractivity contribution is 5.82. The van der Waals surface area contributed by atoms with E-state index in [2.05, 4.69) is 25.2 Å². The Morgan fingerprint density at radius 1 is 1.53 bits per heavy atom. The van der Waals surface area contributed by atoms with Crippen molar-refractivity contribution in [2.45, 2.75) is 33.1 Å². The van der Waals surface area contributed by atoms with E-state index in [1.807, 2.05) is 0 Å². The van der Waals surface area contributed by atoms with Gasteiger partial charge in [-0.25, -0.2) is 4.79 Å². The molecule has 0 aromatic rings. The first-order valence-electron chi connectivity index (χ1n) is 5.48. The third-order valence-corrected chi connectivity index (χ3v) is 3.26. The molecule has 2 heteroatoms. The van der Waals surface area contributed by atoms with E-state index in [-0.39, 0.29) is 5.97 Å². The van der Waals surface area contributed by atoms with Gasteiger partial charge in [-0.15, -0.1) is 0 Å². The van der Waals surface area contributed by atoms with Crippen LogP contribution in [0.25, 0.3) is 0 Å². The van der Waals surface area contributed by atoms with Gasteiger partial charge in [-0.1, -0.05) is 24.6 Å². The zero-order chi connectivity index (χ0) is 11.4. The molecule has 2 nitrogen and oxygen atoms in total. The lowest BCUT2D eigenvalue weighted by Crippen LogP contribution is -2.17. The monoisotopic (exact) mass is 208 g/mol. The lowest BCUT2D eigenvalue weighted by Gasteiger charge is -2.29. The first-order chi connectivity index (χ1) is 7.04. The van der Waals surface area contributed by atoms with E-state index in [0.717, 1.165) is 12.8 Å². The van der Waals surface area contributed by atoms with Crippen LogP contribution in [-0.2, 0) is 9.53 Å². The molecule has 0 aliphatic heterocycles. The highest BCUT2D eigenvalue weighted by Gasteiger charge is 2.23. The predicted molar refractivity (Wildman–Crippen MR) is 61.4 cm³/mol. The summed E-state index contributed by atoms with van der Waals surface area (Å²) in [5.74, 6) is 0.802. The molecule has 1 aliphatic carbocycles. The van der Waals surface area contributed by atoms with E-state index in [1.165, 1.54) is 24.7 Å². The number of rotatable bonds is 2. The molecule has 0 aromatic heterocycles. The largest absolute Gasteiger partial charge is 0.466 e. The maximum Gasteiger partial charge on any atom is 0.330 e. The first kappa shape index (κ1) is 12.0. The molecule has 0 unspecified atom stereocenters. The molecule has 2 atom stereocenters. The number of carbonyl (C=O) groups excluding carboxylic acids is 1. The van der Waals surface area contributed by atoms with Crippen LogP contribution in [0.5, 0.6) is 0 Å². The second-order valence-corrected chi connectivity index (χ2v) is 4.47. The Morgan fingerprint density at radius 2 is 2.20 bits per heavy atom. The number of ether oxygens (including phenoxy) is 1. The zero-order valence-corrected chi connectivity index (χ0v) is 9.88. The number of carbonyl (C=O) groups is 1. The van der Waals surface area contributed by atoms with E-state index in [9.17, 15) is 4.79 Å². The Morgan fingerprint density at radius 3 is 2.73 bits per heavy atom. The van der Waals surface area contributed by atoms with Gasteiger partial charge in [0.25, 0.3) is 0 Å². The molecule has 0 spiro atoms. The Labute approximate surface area is 92.0 Å². The molecule has 1 aliphatic rings. The minimum Gasteiger partial charge on any atom is -0.466 e. The van der Waals surface area contributed by atoms with Crippen LogP contribution in [0.1, 0.15) is 33.1 Å². The summed E-state index contributed by atoms with van der Waals surface area (Å²) in [6.07, 6.45) is 4.95. The second kappa shape index (κ2) is 5.15. The fourth-order valence-electron chi connectivity index (χ4n) is 2.06. The number of hydrogen-bond donors (Lipinski definition) is 0. The molecule has 0 saturated heterocycles. The van der Waals surface area contributed by atoms with Gasteiger partial charge in [0.1, 0.15) is 0 Å². The molecule has 1 saturated carbocycles. The SMILES string of the molecule is C=C(C)[C@@H]1CC[C@@H](C)/C(=C/C(=O)OC)C1. The third kappa shape index (κ3) is 3.22. The van der Waals surface area contributed by atoms with E-state index in [1.54, 1.807) is 6.08 Å². The van der Waals surface area contributed by atoms with Gasteiger partial charge < -0.3 is 4.74 Å². The number of allylic oxidation sites excluding steroid dienone is 2. The molecule has 0 bridgehead atoms. The fourth-order valence-corrected chi connectivity index (χ4v) is 2.06. The van der Waals surface area contributed by atoms with Crippen LogP contribution >= 0.6 is 0 Å². The quantitative estimate of drug-likeness (QED) is 0.396. The van der Waals surface area contributed by atoms with Gasteiger partial charge in [0.2, 0.25) is 0 Å². The third-order valence-electron chi connectivity index (χ3n) is 3.26. The summed E-state index contributed by atoms with van der Waals surface area (Å²) >= 11 is 0. The fraction of sp³-hybridized carbons (Fsp3) is 0.615. The van der Waals surface area contributed by atoms with Crippen molar-refractivity contribution in [1.29, 1.82) is 0 Å². The van der Waals surface area contributed by atoms with Gasteiger partial charge in [0.15, 0.2) is 0 Å². The minimum atomic E-state index is -0.237. The van der Waals surface area contributed by atoms with Crippen molar-refractivity contribution in [3.05, 3.63) is 23.8 Å². The smallest absolute Gasteiger partial charge is 0.330 e. The number of methoxy groups -OCH3 is 1. The van der Waals surface area contributed by atoms with Crippen LogP contribution in [0, 0.1) is 11.8 Å². The van der Waals surface area contributed by atoms with E-state index in [4.69, 9.17) is 0 Å². The molecular formula is C13H20O2. The van der Waals surface area contributed by atoms with E-state index < -0.39 is 0 Å². The zero-order valence-electron chi connectivity index (χ0n) is 9.88. The summed E-state index contributed by atoms with van der Waals surface area (Å²) in [6.45, 7) is 8.23. The molecule has 84 valence electrons. The molecule has 15 heavy (non-hydrogen) atoms. The normalized spacial score (nSPS) is 28.9. The van der Waals surface area contributed by atoms with Gasteiger partial charge in [0.05, 0.1) is 7.11 Å². The van der Waals surface area contributed by atoms with Crippen molar-refractivity contribution in [3.63, 3.8) is 0 Å². The van der Waals surface area contributed by atoms with Crippen molar-refractivity contribution in [2.75, 3.05) is 7.11 Å². The number of esters is 1. The molecule has 0 N–H and O–H groups in total. The molecule has 0 aromatic carbocycles. The summed E-state index contributed by atoms with van der Waals surface area (Å²) in [6, 6.07) is 0. The van der Waals surface area contributed by atoms with Crippen molar-refractivity contribution in [3.8, 4) is 0 Å². The summed E-state index contributed by atoms with van der Waals surface area (Å²) in [5, 5.41) is 0. The highest BCUT2D eigenvalue weighted by Crippen LogP contribution is 2.36. The molecule has 0 heterocycles. The topological polar surface area (TPSA) is 26.3 Å². The standard InChI is InChI=1S/C13H20O2/c1-9(2)11-6-5-10(3)12(7-11)8-13(14)15-4/h8,10-11H,1,5-7H2,2-4H3/b12-8+/t10-,11-/m1/s1. The number of hydrogen-bond acceptors (Lipinski definition) is 2. The van der Waals surface area contributed by atoms with Gasteiger partial charge in [-0.2, -0.15) is 0 Å². The summed E-state index contributed by atoms with van der Waals surface area (Å²) < 4.78 is 4.66. The summed E-state index contributed by atoms with van der Waals surface area (Å²) in [4.78, 5) is 11.2. The Bertz CT molecular complexity index is 289. The van der Waals surface area contributed by atoms with Gasteiger partial charge >= 0.3 is 5.97 Å². The van der Waals surface area contributed by atoms with Crippen molar-refractivity contribution >= 4 is 5.97 Å². The van der Waals surface area contributed by atoms with Gasteiger partial charge in [-0.05, 0) is 38.0 Å². The average Bonchev–Trinajstić information content (AvgIpc) is 2.20. The molecule has 1 fully saturated rings. The first-order valence-corrected chi connectivity index (χ1v) is 5.48. The second-order valence-electron chi connectivity index (χ2n) is 4.47. The van der Waals surface area contributed by atoms with Crippen molar-refractivity contribution in [1.82, 2.24) is 0 Å². The average molecular weight is 208 g/mol. The summed E-state index contributed by atoms with van der Waals surface area (Å²) in [5.41, 5.74) is 2.43. The maximum absolute atomic E-state index is 11.2. The van der Waals surface area contributed by atoms with E-state index in [0.29, 0.717) is 11.8 Å². The lowest BCUT2D eigenvalue weighted by atomic mass is 9.76. The van der Waals surface area contributed by atoms with Gasteiger partial charge in [0, 0.05) is 6.08 Å². The maximum atomic E-state index is 11.2. The highest BCUT2D eigenvalue weighted by atomic mass is 16.5. The molecule has 0 amide bonds. The Kier molecular flexibility index (Phi) is 4.13. The molecular weight excluding hydrogens is 188 g/mol. The van der Waals surface area contributed by atoms with Crippen molar-refractivity contribution in [2.24, 2.45) is 11.8 Å². The van der Waals surface area contributed by atoms with Crippen LogP contribution in [-0.4, -0.2) is 13.1 Å². The van der Waals surface area contributed by atoms with Gasteiger partial charge in [-0.3, -0.25) is 0 Å². The lowest BCUT2D eigenvalue weighted by molar-refractivity contribution is -0.134. The minimum absolute atomic E-state index is 0.237. The Hall–Kier alpha value is -1.05. The molecule has 0 radical (unpaired) electrons. The van der Waals surface area contributed by atoms with Crippen LogP contribution in [0.3, 0.4) is 0 Å². The van der Waals surface area contributed by atoms with Crippen molar-refractivity contribution < 1.29 is 9.53 Å².